The highest BCUT2D eigenvalue weighted by Crippen LogP contribution is 2.42. The van der Waals surface area contributed by atoms with Gasteiger partial charge in [0.2, 0.25) is 5.69 Å². The fourth-order valence-electron chi connectivity index (χ4n) is 7.44. The van der Waals surface area contributed by atoms with Gasteiger partial charge >= 0.3 is 0 Å². The lowest BCUT2D eigenvalue weighted by Gasteiger charge is -2.17. The smallest absolute Gasteiger partial charge is 0.211 e. The van der Waals surface area contributed by atoms with Gasteiger partial charge in [0.1, 0.15) is 0 Å². The number of fused-ring (bicyclic) bond motifs is 6. The van der Waals surface area contributed by atoms with Gasteiger partial charge in [0.05, 0.1) is 57.6 Å². The number of hydrogen-bond donors (Lipinski definition) is 0. The Morgan fingerprint density at radius 2 is 1.16 bits per heavy atom. The standard InChI is InChI=1S/C45H25N5/c1-48-39-15-8-14-37-35-12-2-5-17-41(35)50(45(37)39)43-18-7-11-33(28-47)44(43)32-10-6-9-31(26-32)30-20-22-34(23-21-30)49-40-16-4-3-13-36(40)38-25-29(27-46)19-24-42(38)49/h2-26H. The fourth-order valence-corrected chi connectivity index (χ4v) is 7.44. The van der Waals surface area contributed by atoms with Gasteiger partial charge in [-0.05, 0) is 82.7 Å². The van der Waals surface area contributed by atoms with Crippen molar-refractivity contribution in [1.82, 2.24) is 9.13 Å². The Balaban J connectivity index is 1.19. The summed E-state index contributed by atoms with van der Waals surface area (Å²) in [6, 6.07) is 55.5. The lowest BCUT2D eigenvalue weighted by molar-refractivity contribution is 1.18. The Kier molecular flexibility index (Phi) is 6.56. The third kappa shape index (κ3) is 4.31. The second-order valence-corrected chi connectivity index (χ2v) is 12.3. The first-order valence-corrected chi connectivity index (χ1v) is 16.3. The van der Waals surface area contributed by atoms with Crippen LogP contribution in [0, 0.1) is 29.2 Å². The lowest BCUT2D eigenvalue weighted by Crippen LogP contribution is -1.99. The molecule has 9 rings (SSSR count). The van der Waals surface area contributed by atoms with Crippen molar-refractivity contribution in [3.63, 3.8) is 0 Å². The molecule has 0 aliphatic heterocycles. The van der Waals surface area contributed by atoms with Gasteiger partial charge in [0.15, 0.2) is 0 Å². The maximum atomic E-state index is 10.4. The summed E-state index contributed by atoms with van der Waals surface area (Å²) in [7, 11) is 0. The predicted molar refractivity (Wildman–Crippen MR) is 202 cm³/mol. The minimum Gasteiger partial charge on any atom is -0.318 e. The predicted octanol–water partition coefficient (Wildman–Crippen LogP) is 11.5. The molecule has 2 heterocycles. The first kappa shape index (κ1) is 28.8. The molecule has 0 saturated heterocycles. The highest BCUT2D eigenvalue weighted by molar-refractivity contribution is 6.14. The van der Waals surface area contributed by atoms with Crippen LogP contribution in [0.25, 0.3) is 82.1 Å². The molecule has 0 bridgehead atoms. The zero-order valence-corrected chi connectivity index (χ0v) is 26.7. The molecule has 230 valence electrons. The molecule has 0 N–H and O–H groups in total. The molecule has 50 heavy (non-hydrogen) atoms. The maximum Gasteiger partial charge on any atom is 0.211 e. The van der Waals surface area contributed by atoms with E-state index in [0.717, 1.165) is 77.2 Å². The van der Waals surface area contributed by atoms with Crippen LogP contribution in [0.4, 0.5) is 5.69 Å². The summed E-state index contributed by atoms with van der Waals surface area (Å²) in [4.78, 5) is 3.90. The molecule has 5 heteroatoms. The second-order valence-electron chi connectivity index (χ2n) is 12.3. The van der Waals surface area contributed by atoms with Crippen LogP contribution in [0.15, 0.2) is 152 Å². The topological polar surface area (TPSA) is 61.8 Å². The minimum atomic E-state index is 0.562. The van der Waals surface area contributed by atoms with Crippen LogP contribution < -0.4 is 0 Å². The van der Waals surface area contributed by atoms with Gasteiger partial charge < -0.3 is 9.13 Å². The Labute approximate surface area is 288 Å². The van der Waals surface area contributed by atoms with Crippen LogP contribution in [-0.2, 0) is 0 Å². The molecular weight excluding hydrogens is 611 g/mol. The Bertz CT molecular complexity index is 2960. The van der Waals surface area contributed by atoms with E-state index in [0.29, 0.717) is 16.8 Å². The van der Waals surface area contributed by atoms with Crippen molar-refractivity contribution < 1.29 is 0 Å². The minimum absolute atomic E-state index is 0.562. The summed E-state index contributed by atoms with van der Waals surface area (Å²) in [5.41, 5.74) is 11.4. The van der Waals surface area contributed by atoms with Gasteiger partial charge in [0, 0.05) is 27.4 Å². The van der Waals surface area contributed by atoms with Crippen LogP contribution >= 0.6 is 0 Å². The number of nitrogens with zero attached hydrogens (tertiary/aromatic N) is 5. The van der Waals surface area contributed by atoms with Crippen LogP contribution in [-0.4, -0.2) is 9.13 Å². The normalized spacial score (nSPS) is 11.1. The van der Waals surface area contributed by atoms with E-state index in [1.54, 1.807) is 0 Å². The Morgan fingerprint density at radius 3 is 1.92 bits per heavy atom. The van der Waals surface area contributed by atoms with Crippen LogP contribution in [0.2, 0.25) is 0 Å². The van der Waals surface area contributed by atoms with E-state index in [9.17, 15) is 10.5 Å². The summed E-state index contributed by atoms with van der Waals surface area (Å²) in [5, 5.41) is 24.1. The molecule has 5 nitrogen and oxygen atoms in total. The van der Waals surface area contributed by atoms with Gasteiger partial charge in [-0.2, -0.15) is 10.5 Å². The molecule has 9 aromatic rings. The zero-order chi connectivity index (χ0) is 33.8. The van der Waals surface area contributed by atoms with E-state index in [-0.39, 0.29) is 0 Å². The third-order valence-electron chi connectivity index (χ3n) is 9.61. The highest BCUT2D eigenvalue weighted by atomic mass is 15.0. The zero-order valence-electron chi connectivity index (χ0n) is 26.7. The molecule has 2 aromatic heterocycles. The van der Waals surface area contributed by atoms with Crippen molar-refractivity contribution in [2.75, 3.05) is 0 Å². The largest absolute Gasteiger partial charge is 0.318 e. The number of para-hydroxylation sites is 3. The molecule has 0 aliphatic rings. The SMILES string of the molecule is [C-]#[N+]c1cccc2c3ccccc3n(-c3cccc(C#N)c3-c3cccc(-c4ccc(-n5c6ccccc6c6cc(C#N)ccc65)cc4)c3)c12. The van der Waals surface area contributed by atoms with Crippen molar-refractivity contribution in [3.8, 4) is 45.8 Å². The first-order chi connectivity index (χ1) is 24.7. The van der Waals surface area contributed by atoms with Crippen molar-refractivity contribution in [2.24, 2.45) is 0 Å². The molecule has 0 radical (unpaired) electrons. The summed E-state index contributed by atoms with van der Waals surface area (Å²) in [6.45, 7) is 7.98. The maximum absolute atomic E-state index is 10.4. The van der Waals surface area contributed by atoms with E-state index in [2.05, 4.69) is 98.9 Å². The lowest BCUT2D eigenvalue weighted by atomic mass is 9.94. The molecule has 0 saturated carbocycles. The molecule has 0 amide bonds. The van der Waals surface area contributed by atoms with Crippen molar-refractivity contribution in [2.45, 2.75) is 0 Å². The van der Waals surface area contributed by atoms with Crippen molar-refractivity contribution in [3.05, 3.63) is 174 Å². The Morgan fingerprint density at radius 1 is 0.500 bits per heavy atom. The second kappa shape index (κ2) is 11.4. The molecule has 0 spiro atoms. The summed E-state index contributed by atoms with van der Waals surface area (Å²) < 4.78 is 4.38. The van der Waals surface area contributed by atoms with E-state index in [1.165, 1.54) is 0 Å². The van der Waals surface area contributed by atoms with E-state index >= 15 is 0 Å². The van der Waals surface area contributed by atoms with Gasteiger partial charge in [-0.15, -0.1) is 0 Å². The molecular formula is C45H25N5. The monoisotopic (exact) mass is 635 g/mol. The van der Waals surface area contributed by atoms with Gasteiger partial charge in [-0.25, -0.2) is 4.85 Å². The first-order valence-electron chi connectivity index (χ1n) is 16.3. The van der Waals surface area contributed by atoms with E-state index < -0.39 is 0 Å². The average molecular weight is 636 g/mol. The molecule has 0 fully saturated rings. The third-order valence-corrected chi connectivity index (χ3v) is 9.61. The molecule has 0 aliphatic carbocycles. The average Bonchev–Trinajstić information content (AvgIpc) is 3.70. The number of rotatable bonds is 4. The summed E-state index contributed by atoms with van der Waals surface area (Å²) in [5.74, 6) is 0. The Hall–Kier alpha value is -7.39. The van der Waals surface area contributed by atoms with Crippen LogP contribution in [0.3, 0.4) is 0 Å². The van der Waals surface area contributed by atoms with Crippen molar-refractivity contribution >= 4 is 49.3 Å². The van der Waals surface area contributed by atoms with Gasteiger partial charge in [-0.3, -0.25) is 0 Å². The summed E-state index contributed by atoms with van der Waals surface area (Å²) in [6.07, 6.45) is 0. The molecule has 0 unspecified atom stereocenters. The van der Waals surface area contributed by atoms with E-state index in [4.69, 9.17) is 6.57 Å². The number of hydrogen-bond acceptors (Lipinski definition) is 2. The van der Waals surface area contributed by atoms with Gasteiger partial charge in [0.25, 0.3) is 0 Å². The van der Waals surface area contributed by atoms with Gasteiger partial charge in [-0.1, -0.05) is 91.0 Å². The van der Waals surface area contributed by atoms with Crippen LogP contribution in [0.1, 0.15) is 11.1 Å². The van der Waals surface area contributed by atoms with Crippen LogP contribution in [0.5, 0.6) is 0 Å². The number of nitriles is 2. The quantitative estimate of drug-likeness (QED) is 0.181. The van der Waals surface area contributed by atoms with E-state index in [1.807, 2.05) is 78.9 Å². The number of benzene rings is 7. The highest BCUT2D eigenvalue weighted by Gasteiger charge is 2.20. The fraction of sp³-hybridized carbons (Fsp3) is 0. The summed E-state index contributed by atoms with van der Waals surface area (Å²) >= 11 is 0. The van der Waals surface area contributed by atoms with Crippen molar-refractivity contribution in [1.29, 1.82) is 10.5 Å². The number of aromatic nitrogens is 2. The molecule has 0 atom stereocenters. The molecule has 7 aromatic carbocycles.